The summed E-state index contributed by atoms with van der Waals surface area (Å²) in [5.74, 6) is -0.527. The molecule has 1 heterocycles. The molecule has 0 bridgehead atoms. The number of hydrogen-bond donors (Lipinski definition) is 0. The number of hydrazone groups is 1. The average Bonchev–Trinajstić information content (AvgIpc) is 2.88. The lowest BCUT2D eigenvalue weighted by Gasteiger charge is -2.12. The fraction of sp³-hybridized carbons (Fsp3) is 0.176. The highest BCUT2D eigenvalue weighted by atomic mass is 35.5. The number of nitrogens with zero attached hydrogens (tertiary/aromatic N) is 4. The van der Waals surface area contributed by atoms with Crippen LogP contribution < -0.4 is 5.01 Å². The second-order valence-corrected chi connectivity index (χ2v) is 6.52. The van der Waals surface area contributed by atoms with Crippen LogP contribution in [0.2, 0.25) is 10.0 Å². The van der Waals surface area contributed by atoms with Crippen molar-refractivity contribution in [3.05, 3.63) is 58.1 Å². The summed E-state index contributed by atoms with van der Waals surface area (Å²) in [4.78, 5) is 12.5. The Morgan fingerprint density at radius 1 is 1.07 bits per heavy atom. The van der Waals surface area contributed by atoms with Crippen molar-refractivity contribution in [3.8, 4) is 0 Å². The van der Waals surface area contributed by atoms with E-state index in [0.29, 0.717) is 16.4 Å². The molecule has 1 unspecified atom stereocenters. The first-order valence-electron chi connectivity index (χ1n) is 7.59. The number of carbonyl (C=O) groups is 1. The molecule has 0 saturated heterocycles. The molecule has 0 aromatic heterocycles. The highest BCUT2D eigenvalue weighted by molar-refractivity contribution is 6.31. The van der Waals surface area contributed by atoms with Crippen LogP contribution in [0.1, 0.15) is 12.5 Å². The standard InChI is InChI=1S/C17H11Cl2F3N4O/c1-9-15(16(27)26(25-9)12-5-2-10(18)3-6-12)24-23-14-7-4-11(19)8-13(14)17(20,21)22/h2-8,15H,1H3. The van der Waals surface area contributed by atoms with Gasteiger partial charge in [0.1, 0.15) is 0 Å². The molecule has 0 N–H and O–H groups in total. The summed E-state index contributed by atoms with van der Waals surface area (Å²) < 4.78 is 39.4. The van der Waals surface area contributed by atoms with Gasteiger partial charge in [0, 0.05) is 10.0 Å². The van der Waals surface area contributed by atoms with Gasteiger partial charge in [0.25, 0.3) is 5.91 Å². The highest BCUT2D eigenvalue weighted by Crippen LogP contribution is 2.38. The zero-order chi connectivity index (χ0) is 19.8. The Kier molecular flexibility index (Phi) is 5.21. The van der Waals surface area contributed by atoms with E-state index >= 15 is 0 Å². The number of anilines is 1. The van der Waals surface area contributed by atoms with Gasteiger partial charge in [0.05, 0.1) is 22.6 Å². The number of amides is 1. The Hall–Kier alpha value is -2.45. The van der Waals surface area contributed by atoms with Crippen molar-refractivity contribution in [2.45, 2.75) is 19.1 Å². The molecule has 5 nitrogen and oxygen atoms in total. The third kappa shape index (κ3) is 4.12. The summed E-state index contributed by atoms with van der Waals surface area (Å²) in [7, 11) is 0. The molecule has 0 saturated carbocycles. The minimum absolute atomic E-state index is 0.0788. The minimum Gasteiger partial charge on any atom is -0.269 e. The van der Waals surface area contributed by atoms with Gasteiger partial charge in [0.15, 0.2) is 6.04 Å². The van der Waals surface area contributed by atoms with E-state index in [1.807, 2.05) is 0 Å². The smallest absolute Gasteiger partial charge is 0.269 e. The van der Waals surface area contributed by atoms with Crippen LogP contribution in [0.4, 0.5) is 24.5 Å². The molecule has 0 spiro atoms. The second-order valence-electron chi connectivity index (χ2n) is 5.65. The summed E-state index contributed by atoms with van der Waals surface area (Å²) in [5, 5.41) is 13.1. The zero-order valence-corrected chi connectivity index (χ0v) is 15.2. The number of hydrogen-bond acceptors (Lipinski definition) is 4. The maximum absolute atomic E-state index is 13.1. The van der Waals surface area contributed by atoms with Crippen molar-refractivity contribution < 1.29 is 18.0 Å². The summed E-state index contributed by atoms with van der Waals surface area (Å²) in [6, 6.07) is 8.38. The Labute approximate surface area is 162 Å². The van der Waals surface area contributed by atoms with Crippen LogP contribution in [-0.4, -0.2) is 17.7 Å². The van der Waals surface area contributed by atoms with Crippen LogP contribution in [-0.2, 0) is 11.0 Å². The molecule has 3 rings (SSSR count). The van der Waals surface area contributed by atoms with Crippen molar-refractivity contribution in [1.82, 2.24) is 0 Å². The maximum Gasteiger partial charge on any atom is 0.418 e. The lowest BCUT2D eigenvalue weighted by atomic mass is 10.2. The van der Waals surface area contributed by atoms with Crippen molar-refractivity contribution >= 4 is 46.2 Å². The first kappa shape index (κ1) is 19.3. The van der Waals surface area contributed by atoms with Gasteiger partial charge in [-0.15, -0.1) is 0 Å². The average molecular weight is 415 g/mol. The Balaban J connectivity index is 1.88. The molecule has 2 aromatic rings. The van der Waals surface area contributed by atoms with Gasteiger partial charge in [-0.2, -0.15) is 33.5 Å². The van der Waals surface area contributed by atoms with E-state index in [1.54, 1.807) is 31.2 Å². The summed E-state index contributed by atoms with van der Waals surface area (Å²) in [5.41, 5.74) is -0.698. The number of azo groups is 1. The fourth-order valence-electron chi connectivity index (χ4n) is 2.40. The number of rotatable bonds is 3. The van der Waals surface area contributed by atoms with Crippen LogP contribution >= 0.6 is 23.2 Å². The zero-order valence-electron chi connectivity index (χ0n) is 13.7. The normalized spacial score (nSPS) is 17.7. The molecular weight excluding hydrogens is 404 g/mol. The van der Waals surface area contributed by atoms with Crippen molar-refractivity contribution in [1.29, 1.82) is 0 Å². The quantitative estimate of drug-likeness (QED) is 0.577. The molecule has 1 aliphatic rings. The largest absolute Gasteiger partial charge is 0.418 e. The number of halogens is 5. The molecule has 0 fully saturated rings. The van der Waals surface area contributed by atoms with Gasteiger partial charge in [-0.1, -0.05) is 23.2 Å². The lowest BCUT2D eigenvalue weighted by molar-refractivity contribution is -0.137. The van der Waals surface area contributed by atoms with Crippen molar-refractivity contribution in [2.75, 3.05) is 5.01 Å². The number of benzene rings is 2. The molecule has 27 heavy (non-hydrogen) atoms. The maximum atomic E-state index is 13.1. The predicted molar refractivity (Wildman–Crippen MR) is 96.8 cm³/mol. The molecule has 140 valence electrons. The molecule has 1 atom stereocenters. The fourth-order valence-corrected chi connectivity index (χ4v) is 2.70. The third-order valence-electron chi connectivity index (χ3n) is 3.71. The Morgan fingerprint density at radius 3 is 2.33 bits per heavy atom. The third-order valence-corrected chi connectivity index (χ3v) is 4.20. The molecule has 0 aliphatic carbocycles. The second kappa shape index (κ2) is 7.28. The van der Waals surface area contributed by atoms with Gasteiger partial charge < -0.3 is 0 Å². The molecule has 1 aliphatic heterocycles. The topological polar surface area (TPSA) is 57.4 Å². The van der Waals surface area contributed by atoms with Gasteiger partial charge in [-0.25, -0.2) is 0 Å². The Bertz CT molecular complexity index is 942. The van der Waals surface area contributed by atoms with E-state index in [0.717, 1.165) is 17.1 Å². The van der Waals surface area contributed by atoms with Crippen LogP contribution in [0.3, 0.4) is 0 Å². The van der Waals surface area contributed by atoms with Crippen molar-refractivity contribution in [2.24, 2.45) is 15.3 Å². The molecule has 10 heteroatoms. The van der Waals surface area contributed by atoms with Gasteiger partial charge >= 0.3 is 6.18 Å². The molecule has 2 aromatic carbocycles. The van der Waals surface area contributed by atoms with E-state index in [4.69, 9.17) is 23.2 Å². The van der Waals surface area contributed by atoms with E-state index < -0.39 is 29.4 Å². The van der Waals surface area contributed by atoms with E-state index in [1.165, 1.54) is 6.07 Å². The van der Waals surface area contributed by atoms with Crippen LogP contribution in [0.15, 0.2) is 57.8 Å². The van der Waals surface area contributed by atoms with Gasteiger partial charge in [-0.05, 0) is 49.4 Å². The Morgan fingerprint density at radius 2 is 1.70 bits per heavy atom. The van der Waals surface area contributed by atoms with Gasteiger partial charge in [0.2, 0.25) is 0 Å². The summed E-state index contributed by atoms with van der Waals surface area (Å²) in [6.45, 7) is 1.55. The monoisotopic (exact) mass is 414 g/mol. The van der Waals surface area contributed by atoms with E-state index in [9.17, 15) is 18.0 Å². The minimum atomic E-state index is -4.66. The van der Waals surface area contributed by atoms with E-state index in [-0.39, 0.29) is 5.02 Å². The van der Waals surface area contributed by atoms with E-state index in [2.05, 4.69) is 15.3 Å². The van der Waals surface area contributed by atoms with Gasteiger partial charge in [-0.3, -0.25) is 4.79 Å². The summed E-state index contributed by atoms with van der Waals surface area (Å²) in [6.07, 6.45) is -4.66. The van der Waals surface area contributed by atoms with Crippen molar-refractivity contribution in [3.63, 3.8) is 0 Å². The van der Waals surface area contributed by atoms with Crippen LogP contribution in [0.25, 0.3) is 0 Å². The lowest BCUT2D eigenvalue weighted by Crippen LogP contribution is -2.29. The molecular formula is C17H11Cl2F3N4O. The summed E-state index contributed by atoms with van der Waals surface area (Å²) >= 11 is 11.5. The number of carbonyl (C=O) groups excluding carboxylic acids is 1. The SMILES string of the molecule is CC1=NN(c2ccc(Cl)cc2)C(=O)C1N=Nc1ccc(Cl)cc1C(F)(F)F. The molecule has 1 amide bonds. The van der Waals surface area contributed by atoms with Crippen LogP contribution in [0.5, 0.6) is 0 Å². The predicted octanol–water partition coefficient (Wildman–Crippen LogP) is 5.89. The molecule has 0 radical (unpaired) electrons. The number of alkyl halides is 3. The first-order chi connectivity index (χ1) is 12.7. The highest BCUT2D eigenvalue weighted by Gasteiger charge is 2.36. The van der Waals surface area contributed by atoms with Crippen LogP contribution in [0, 0.1) is 0 Å². The first-order valence-corrected chi connectivity index (χ1v) is 8.34.